The van der Waals surface area contributed by atoms with E-state index in [0.29, 0.717) is 10.8 Å². The highest BCUT2D eigenvalue weighted by molar-refractivity contribution is 6.33. The third-order valence-electron chi connectivity index (χ3n) is 2.86. The van der Waals surface area contributed by atoms with E-state index in [0.717, 1.165) is 16.5 Å². The molecule has 0 saturated heterocycles. The number of fused-ring (bicyclic) bond motifs is 1. The molecule has 0 aliphatic heterocycles. The van der Waals surface area contributed by atoms with Crippen LogP contribution in [-0.4, -0.2) is 16.2 Å². The van der Waals surface area contributed by atoms with E-state index in [1.807, 2.05) is 42.5 Å². The number of nitrogens with one attached hydrogen (secondary N) is 1. The molecule has 0 radical (unpaired) electrons. The molecule has 3 rings (SSSR count). The zero-order valence-electron chi connectivity index (χ0n) is 10.8. The van der Waals surface area contributed by atoms with Crippen LogP contribution >= 0.6 is 23.2 Å². The topological polar surface area (TPSA) is 50.2 Å². The van der Waals surface area contributed by atoms with Gasteiger partial charge < -0.3 is 0 Å². The number of hydrazone groups is 1. The van der Waals surface area contributed by atoms with E-state index in [9.17, 15) is 0 Å². The second-order valence-electron chi connectivity index (χ2n) is 4.25. The van der Waals surface area contributed by atoms with Gasteiger partial charge in [0.05, 0.1) is 11.7 Å². The number of hydrogen-bond acceptors (Lipinski definition) is 4. The molecule has 0 aliphatic rings. The number of nitrogens with zero attached hydrogens (tertiary/aromatic N) is 3. The second kappa shape index (κ2) is 6.08. The number of rotatable bonds is 3. The maximum Gasteiger partial charge on any atom is 0.224 e. The molecule has 0 saturated carbocycles. The van der Waals surface area contributed by atoms with E-state index in [-0.39, 0.29) is 5.28 Å². The Hall–Kier alpha value is -2.17. The molecule has 0 unspecified atom stereocenters. The van der Waals surface area contributed by atoms with E-state index < -0.39 is 0 Å². The lowest BCUT2D eigenvalue weighted by Crippen LogP contribution is -1.97. The van der Waals surface area contributed by atoms with Gasteiger partial charge in [-0.25, -0.2) is 4.98 Å². The summed E-state index contributed by atoms with van der Waals surface area (Å²) in [6.07, 6.45) is 1.63. The molecule has 6 heteroatoms. The highest BCUT2D eigenvalue weighted by Gasteiger charge is 2.04. The summed E-state index contributed by atoms with van der Waals surface area (Å²) in [7, 11) is 0. The van der Waals surface area contributed by atoms with Crippen LogP contribution in [0.1, 0.15) is 5.56 Å². The van der Waals surface area contributed by atoms with E-state index in [2.05, 4.69) is 20.5 Å². The van der Waals surface area contributed by atoms with Gasteiger partial charge in [-0.05, 0) is 29.8 Å². The van der Waals surface area contributed by atoms with Gasteiger partial charge >= 0.3 is 0 Å². The molecule has 0 atom stereocenters. The van der Waals surface area contributed by atoms with Gasteiger partial charge in [-0.1, -0.05) is 41.9 Å². The molecule has 1 N–H and O–H groups in total. The molecular formula is C15H10Cl2N4. The van der Waals surface area contributed by atoms with Crippen molar-refractivity contribution in [2.24, 2.45) is 5.10 Å². The molecule has 3 aromatic rings. The van der Waals surface area contributed by atoms with Crippen molar-refractivity contribution in [1.82, 2.24) is 9.97 Å². The van der Waals surface area contributed by atoms with Crippen LogP contribution in [0.4, 0.5) is 5.82 Å². The Morgan fingerprint density at radius 1 is 0.952 bits per heavy atom. The summed E-state index contributed by atoms with van der Waals surface area (Å²) in [6.45, 7) is 0. The van der Waals surface area contributed by atoms with Crippen molar-refractivity contribution in [3.05, 3.63) is 64.4 Å². The van der Waals surface area contributed by atoms with Crippen molar-refractivity contribution in [3.63, 3.8) is 0 Å². The molecular weight excluding hydrogens is 307 g/mol. The molecule has 2 aromatic carbocycles. The Bertz CT molecular complexity index is 818. The van der Waals surface area contributed by atoms with Crippen molar-refractivity contribution in [3.8, 4) is 0 Å². The lowest BCUT2D eigenvalue weighted by Gasteiger charge is -2.04. The highest BCUT2D eigenvalue weighted by atomic mass is 35.5. The number of hydrogen-bond donors (Lipinski definition) is 1. The Balaban J connectivity index is 1.90. The highest BCUT2D eigenvalue weighted by Crippen LogP contribution is 2.21. The third kappa shape index (κ3) is 3.12. The van der Waals surface area contributed by atoms with Gasteiger partial charge in [-0.2, -0.15) is 10.1 Å². The zero-order chi connectivity index (χ0) is 14.7. The largest absolute Gasteiger partial charge is 0.261 e. The van der Waals surface area contributed by atoms with E-state index in [1.165, 1.54) is 0 Å². The molecule has 0 fully saturated rings. The minimum atomic E-state index is 0.171. The molecule has 0 amide bonds. The minimum absolute atomic E-state index is 0.171. The van der Waals surface area contributed by atoms with Gasteiger partial charge in [0.25, 0.3) is 0 Å². The van der Waals surface area contributed by atoms with Crippen molar-refractivity contribution >= 4 is 46.1 Å². The summed E-state index contributed by atoms with van der Waals surface area (Å²) in [5.74, 6) is 0.550. The SMILES string of the molecule is Clc1nc(N/N=C/c2ccccc2Cl)c2ccccc2n1. The van der Waals surface area contributed by atoms with Crippen molar-refractivity contribution in [1.29, 1.82) is 0 Å². The quantitative estimate of drug-likeness (QED) is 0.443. The number of anilines is 1. The fourth-order valence-electron chi connectivity index (χ4n) is 1.88. The number of para-hydroxylation sites is 1. The summed E-state index contributed by atoms with van der Waals surface area (Å²) in [4.78, 5) is 8.31. The lowest BCUT2D eigenvalue weighted by atomic mass is 10.2. The maximum absolute atomic E-state index is 6.06. The fraction of sp³-hybridized carbons (Fsp3) is 0. The predicted molar refractivity (Wildman–Crippen MR) is 87.2 cm³/mol. The van der Waals surface area contributed by atoms with Crippen LogP contribution in [0.25, 0.3) is 10.9 Å². The van der Waals surface area contributed by atoms with Gasteiger partial charge in [-0.3, -0.25) is 5.43 Å². The van der Waals surface area contributed by atoms with Crippen LogP contribution in [-0.2, 0) is 0 Å². The summed E-state index contributed by atoms with van der Waals surface area (Å²) < 4.78 is 0. The molecule has 0 aliphatic carbocycles. The first-order valence-corrected chi connectivity index (χ1v) is 6.95. The predicted octanol–water partition coefficient (Wildman–Crippen LogP) is 4.38. The summed E-state index contributed by atoms with van der Waals surface area (Å²) >= 11 is 12.0. The summed E-state index contributed by atoms with van der Waals surface area (Å²) in [6, 6.07) is 15.0. The minimum Gasteiger partial charge on any atom is -0.261 e. The van der Waals surface area contributed by atoms with Crippen molar-refractivity contribution in [2.75, 3.05) is 5.43 Å². The molecule has 0 spiro atoms. The molecule has 1 aromatic heterocycles. The number of benzene rings is 2. The van der Waals surface area contributed by atoms with Gasteiger partial charge in [0.1, 0.15) is 0 Å². The average molecular weight is 317 g/mol. The smallest absolute Gasteiger partial charge is 0.224 e. The zero-order valence-corrected chi connectivity index (χ0v) is 12.3. The normalized spacial score (nSPS) is 11.1. The fourth-order valence-corrected chi connectivity index (χ4v) is 2.24. The Kier molecular flexibility index (Phi) is 3.99. The summed E-state index contributed by atoms with van der Waals surface area (Å²) in [5, 5.41) is 5.80. The standard InChI is InChI=1S/C15H10Cl2N4/c16-12-7-3-1-5-10(12)9-18-21-14-11-6-2-4-8-13(11)19-15(17)20-14/h1-9H,(H,19,20,21)/b18-9+. The first kappa shape index (κ1) is 13.8. The first-order valence-electron chi connectivity index (χ1n) is 6.20. The third-order valence-corrected chi connectivity index (χ3v) is 3.37. The molecule has 1 heterocycles. The van der Waals surface area contributed by atoms with Crippen LogP contribution in [0.2, 0.25) is 10.3 Å². The monoisotopic (exact) mass is 316 g/mol. The first-order chi connectivity index (χ1) is 10.2. The van der Waals surface area contributed by atoms with Gasteiger partial charge in [-0.15, -0.1) is 0 Å². The van der Waals surface area contributed by atoms with Crippen LogP contribution < -0.4 is 5.43 Å². The summed E-state index contributed by atoms with van der Waals surface area (Å²) in [5.41, 5.74) is 4.45. The molecule has 21 heavy (non-hydrogen) atoms. The number of halogens is 2. The van der Waals surface area contributed by atoms with Crippen LogP contribution in [0.5, 0.6) is 0 Å². The van der Waals surface area contributed by atoms with E-state index in [4.69, 9.17) is 23.2 Å². The van der Waals surface area contributed by atoms with Crippen LogP contribution in [0.3, 0.4) is 0 Å². The molecule has 0 bridgehead atoms. The molecule has 104 valence electrons. The average Bonchev–Trinajstić information content (AvgIpc) is 2.49. The van der Waals surface area contributed by atoms with Crippen LogP contribution in [0, 0.1) is 0 Å². The Morgan fingerprint density at radius 2 is 1.71 bits per heavy atom. The van der Waals surface area contributed by atoms with E-state index in [1.54, 1.807) is 12.3 Å². The number of aromatic nitrogens is 2. The Morgan fingerprint density at radius 3 is 2.57 bits per heavy atom. The van der Waals surface area contributed by atoms with Crippen molar-refractivity contribution in [2.45, 2.75) is 0 Å². The van der Waals surface area contributed by atoms with Gasteiger partial charge in [0.2, 0.25) is 5.28 Å². The van der Waals surface area contributed by atoms with Gasteiger partial charge in [0.15, 0.2) is 5.82 Å². The van der Waals surface area contributed by atoms with E-state index >= 15 is 0 Å². The Labute approximate surface area is 131 Å². The van der Waals surface area contributed by atoms with Gasteiger partial charge in [0, 0.05) is 16.0 Å². The maximum atomic E-state index is 6.06. The van der Waals surface area contributed by atoms with Crippen LogP contribution in [0.15, 0.2) is 53.6 Å². The molecule has 4 nitrogen and oxygen atoms in total. The van der Waals surface area contributed by atoms with Crippen molar-refractivity contribution < 1.29 is 0 Å². The lowest BCUT2D eigenvalue weighted by molar-refractivity contribution is 1.18. The second-order valence-corrected chi connectivity index (χ2v) is 5.00.